The van der Waals surface area contributed by atoms with Crippen molar-refractivity contribution >= 4 is 17.8 Å². The molecule has 1 aliphatic heterocycles. The zero-order valence-corrected chi connectivity index (χ0v) is 11.6. The van der Waals surface area contributed by atoms with Crippen LogP contribution >= 0.6 is 11.8 Å². The zero-order chi connectivity index (χ0) is 13.1. The number of hydrogen-bond acceptors (Lipinski definition) is 4. The van der Waals surface area contributed by atoms with E-state index in [-0.39, 0.29) is 5.54 Å². The van der Waals surface area contributed by atoms with Crippen LogP contribution < -0.4 is 4.74 Å². The van der Waals surface area contributed by atoms with E-state index in [1.807, 2.05) is 36.0 Å². The topological polar surface area (TPSA) is 38.7 Å². The van der Waals surface area contributed by atoms with E-state index in [0.29, 0.717) is 6.10 Å². The van der Waals surface area contributed by atoms with E-state index in [1.165, 1.54) is 11.5 Å². The number of carbonyl (C=O) groups excluding carboxylic acids is 1. The van der Waals surface area contributed by atoms with E-state index in [0.717, 1.165) is 37.0 Å². The molecule has 19 heavy (non-hydrogen) atoms. The number of aliphatic imine (C=N–C) groups is 1. The molecule has 0 bridgehead atoms. The Morgan fingerprint density at radius 3 is 2.47 bits per heavy atom. The second kappa shape index (κ2) is 5.40. The lowest BCUT2D eigenvalue weighted by molar-refractivity contribution is 0.192. The monoisotopic (exact) mass is 275 g/mol. The van der Waals surface area contributed by atoms with Crippen LogP contribution in [0.4, 0.5) is 0 Å². The summed E-state index contributed by atoms with van der Waals surface area (Å²) in [5, 5.41) is 0. The summed E-state index contributed by atoms with van der Waals surface area (Å²) in [6.45, 7) is 0. The van der Waals surface area contributed by atoms with Crippen molar-refractivity contribution in [3.63, 3.8) is 0 Å². The first kappa shape index (κ1) is 12.8. The maximum Gasteiger partial charge on any atom is 0.235 e. The Morgan fingerprint density at radius 2 is 1.89 bits per heavy atom. The van der Waals surface area contributed by atoms with Gasteiger partial charge in [0.2, 0.25) is 6.08 Å². The molecule has 2 aliphatic rings. The summed E-state index contributed by atoms with van der Waals surface area (Å²) in [6, 6.07) is 8.05. The minimum absolute atomic E-state index is 0.276. The molecule has 0 amide bonds. The molecule has 0 spiro atoms. The molecule has 1 aromatic rings. The summed E-state index contributed by atoms with van der Waals surface area (Å²) < 4.78 is 5.98. The summed E-state index contributed by atoms with van der Waals surface area (Å²) in [7, 11) is 0. The number of ether oxygens (including phenoxy) is 1. The lowest BCUT2D eigenvalue weighted by Gasteiger charge is -2.23. The summed E-state index contributed by atoms with van der Waals surface area (Å²) in [5.74, 6) is 3.31. The van der Waals surface area contributed by atoms with Crippen LogP contribution in [0.5, 0.6) is 5.75 Å². The zero-order valence-electron chi connectivity index (χ0n) is 10.8. The van der Waals surface area contributed by atoms with Crippen LogP contribution in [0.15, 0.2) is 29.3 Å². The van der Waals surface area contributed by atoms with Crippen molar-refractivity contribution in [3.05, 3.63) is 29.8 Å². The molecular weight excluding hydrogens is 258 g/mol. The Kier molecular flexibility index (Phi) is 3.63. The minimum Gasteiger partial charge on any atom is -0.490 e. The summed E-state index contributed by atoms with van der Waals surface area (Å²) in [5.41, 5.74) is 0.823. The van der Waals surface area contributed by atoms with Crippen molar-refractivity contribution in [2.45, 2.75) is 37.3 Å². The number of isocyanates is 1. The molecule has 0 aromatic heterocycles. The predicted molar refractivity (Wildman–Crippen MR) is 76.5 cm³/mol. The Bertz CT molecular complexity index is 483. The van der Waals surface area contributed by atoms with Gasteiger partial charge in [-0.25, -0.2) is 4.79 Å². The highest BCUT2D eigenvalue weighted by atomic mass is 32.2. The summed E-state index contributed by atoms with van der Waals surface area (Å²) in [4.78, 5) is 14.4. The first-order valence-corrected chi connectivity index (χ1v) is 7.92. The lowest BCUT2D eigenvalue weighted by atomic mass is 10.1. The number of thioether (sulfide) groups is 1. The van der Waals surface area contributed by atoms with E-state index < -0.39 is 0 Å². The molecule has 1 aromatic carbocycles. The Hall–Kier alpha value is -1.25. The van der Waals surface area contributed by atoms with Crippen LogP contribution in [0.25, 0.3) is 0 Å². The fraction of sp³-hybridized carbons (Fsp3) is 0.533. The maximum atomic E-state index is 10.4. The van der Waals surface area contributed by atoms with E-state index >= 15 is 0 Å². The maximum absolute atomic E-state index is 10.4. The molecule has 100 valence electrons. The van der Waals surface area contributed by atoms with Gasteiger partial charge in [-0.05, 0) is 54.9 Å². The number of hydrogen-bond donors (Lipinski definition) is 0. The van der Waals surface area contributed by atoms with Gasteiger partial charge in [0, 0.05) is 0 Å². The summed E-state index contributed by atoms with van der Waals surface area (Å²) in [6.07, 6.45) is 6.20. The molecule has 0 atom stereocenters. The quantitative estimate of drug-likeness (QED) is 0.625. The predicted octanol–water partition coefficient (Wildman–Crippen LogP) is 3.29. The van der Waals surface area contributed by atoms with Gasteiger partial charge in [-0.15, -0.1) is 0 Å². The molecule has 1 saturated heterocycles. The van der Waals surface area contributed by atoms with Crippen LogP contribution in [-0.2, 0) is 10.3 Å². The van der Waals surface area contributed by atoms with Crippen LogP contribution in [0.3, 0.4) is 0 Å². The number of rotatable bonds is 4. The van der Waals surface area contributed by atoms with Crippen LogP contribution in [0.1, 0.15) is 31.2 Å². The van der Waals surface area contributed by atoms with Gasteiger partial charge >= 0.3 is 0 Å². The normalized spacial score (nSPS) is 21.5. The Morgan fingerprint density at radius 1 is 1.21 bits per heavy atom. The highest BCUT2D eigenvalue weighted by molar-refractivity contribution is 7.99. The van der Waals surface area contributed by atoms with Gasteiger partial charge in [-0.3, -0.25) is 0 Å². The second-order valence-electron chi connectivity index (χ2n) is 5.19. The smallest absolute Gasteiger partial charge is 0.235 e. The van der Waals surface area contributed by atoms with Gasteiger partial charge in [0.15, 0.2) is 0 Å². The first-order valence-electron chi connectivity index (χ1n) is 6.76. The SMILES string of the molecule is O=C=NC1(c2ccc(OC3CCSCC3)cc2)CC1. The molecule has 0 N–H and O–H groups in total. The molecule has 0 radical (unpaired) electrons. The van der Waals surface area contributed by atoms with E-state index in [1.54, 1.807) is 6.08 Å². The molecule has 3 rings (SSSR count). The third-order valence-corrected chi connectivity index (χ3v) is 4.89. The van der Waals surface area contributed by atoms with Crippen LogP contribution in [-0.4, -0.2) is 23.7 Å². The number of benzene rings is 1. The fourth-order valence-electron chi connectivity index (χ4n) is 2.50. The lowest BCUT2D eigenvalue weighted by Crippen LogP contribution is -2.22. The highest BCUT2D eigenvalue weighted by Gasteiger charge is 2.44. The minimum atomic E-state index is -0.276. The number of nitrogens with zero attached hydrogens (tertiary/aromatic N) is 1. The highest BCUT2D eigenvalue weighted by Crippen LogP contribution is 2.49. The van der Waals surface area contributed by atoms with E-state index in [2.05, 4.69) is 4.99 Å². The van der Waals surface area contributed by atoms with Crippen molar-refractivity contribution in [1.82, 2.24) is 0 Å². The molecule has 1 aliphatic carbocycles. The molecule has 0 unspecified atom stereocenters. The second-order valence-corrected chi connectivity index (χ2v) is 6.41. The van der Waals surface area contributed by atoms with Crippen molar-refractivity contribution < 1.29 is 9.53 Å². The Balaban J connectivity index is 1.67. The molecule has 2 fully saturated rings. The third kappa shape index (κ3) is 2.85. The molecule has 4 heteroatoms. The van der Waals surface area contributed by atoms with Crippen LogP contribution in [0.2, 0.25) is 0 Å². The molecular formula is C15H17NO2S. The van der Waals surface area contributed by atoms with Gasteiger partial charge in [0.25, 0.3) is 0 Å². The van der Waals surface area contributed by atoms with E-state index in [4.69, 9.17) is 4.74 Å². The molecule has 1 heterocycles. The van der Waals surface area contributed by atoms with Crippen molar-refractivity contribution in [2.24, 2.45) is 4.99 Å². The van der Waals surface area contributed by atoms with E-state index in [9.17, 15) is 4.79 Å². The van der Waals surface area contributed by atoms with Gasteiger partial charge in [0.1, 0.15) is 11.9 Å². The fourth-order valence-corrected chi connectivity index (χ4v) is 3.56. The standard InChI is InChI=1S/C15H17NO2S/c17-11-16-15(7-8-15)12-1-3-13(4-2-12)18-14-5-9-19-10-6-14/h1-4,14H,5-10H2. The van der Waals surface area contributed by atoms with Crippen molar-refractivity contribution in [3.8, 4) is 5.75 Å². The van der Waals surface area contributed by atoms with Crippen molar-refractivity contribution in [2.75, 3.05) is 11.5 Å². The summed E-state index contributed by atoms with van der Waals surface area (Å²) >= 11 is 2.00. The van der Waals surface area contributed by atoms with Crippen LogP contribution in [0, 0.1) is 0 Å². The Labute approximate surface area is 117 Å². The largest absolute Gasteiger partial charge is 0.490 e. The average molecular weight is 275 g/mol. The first-order chi connectivity index (χ1) is 9.32. The van der Waals surface area contributed by atoms with Gasteiger partial charge in [0.05, 0.1) is 5.54 Å². The molecule has 3 nitrogen and oxygen atoms in total. The van der Waals surface area contributed by atoms with Gasteiger partial charge in [-0.2, -0.15) is 16.8 Å². The molecule has 1 saturated carbocycles. The van der Waals surface area contributed by atoms with Gasteiger partial charge in [-0.1, -0.05) is 12.1 Å². The average Bonchev–Trinajstić information content (AvgIpc) is 3.22. The van der Waals surface area contributed by atoms with Gasteiger partial charge < -0.3 is 4.74 Å². The third-order valence-electron chi connectivity index (χ3n) is 3.85. The van der Waals surface area contributed by atoms with Crippen molar-refractivity contribution in [1.29, 1.82) is 0 Å².